The number of ketones is 1. The van der Waals surface area contributed by atoms with Gasteiger partial charge in [0.25, 0.3) is 0 Å². The molecule has 0 aliphatic carbocycles. The molecule has 1 heterocycles. The second kappa shape index (κ2) is 5.31. The lowest BCUT2D eigenvalue weighted by Crippen LogP contribution is -2.40. The third kappa shape index (κ3) is 2.94. The van der Waals surface area contributed by atoms with Crippen LogP contribution in [0.1, 0.15) is 45.4 Å². The minimum atomic E-state index is 0.185. The van der Waals surface area contributed by atoms with Crippen molar-refractivity contribution in [2.45, 2.75) is 51.5 Å². The summed E-state index contributed by atoms with van der Waals surface area (Å²) < 4.78 is 0. The van der Waals surface area contributed by atoms with Gasteiger partial charge >= 0.3 is 0 Å². The maximum absolute atomic E-state index is 11.5. The normalized spacial score (nSPS) is 23.9. The number of hydrogen-bond acceptors (Lipinski definition) is 2. The highest BCUT2D eigenvalue weighted by Gasteiger charge is 2.18. The Morgan fingerprint density at radius 2 is 2.33 bits per heavy atom. The van der Waals surface area contributed by atoms with Gasteiger partial charge in [0.15, 0.2) is 0 Å². The van der Waals surface area contributed by atoms with E-state index in [9.17, 15) is 4.79 Å². The van der Waals surface area contributed by atoms with Crippen LogP contribution in [0.3, 0.4) is 0 Å². The smallest absolute Gasteiger partial charge is 0.149 e. The minimum Gasteiger partial charge on any atom is -0.307 e. The zero-order chi connectivity index (χ0) is 8.81. The SMILES string of the molecule is CCCCC(=O)[C@H]1CCCCN1. The fourth-order valence-corrected chi connectivity index (χ4v) is 1.65. The van der Waals surface area contributed by atoms with Gasteiger partial charge in [0.1, 0.15) is 5.78 Å². The van der Waals surface area contributed by atoms with Crippen molar-refractivity contribution >= 4 is 5.78 Å². The molecule has 1 aliphatic heterocycles. The average Bonchev–Trinajstić information content (AvgIpc) is 2.15. The van der Waals surface area contributed by atoms with E-state index in [-0.39, 0.29) is 6.04 Å². The van der Waals surface area contributed by atoms with E-state index in [1.165, 1.54) is 12.8 Å². The van der Waals surface area contributed by atoms with E-state index in [4.69, 9.17) is 0 Å². The second-order valence-electron chi connectivity index (χ2n) is 3.57. The van der Waals surface area contributed by atoms with Crippen molar-refractivity contribution in [2.75, 3.05) is 6.54 Å². The van der Waals surface area contributed by atoms with Crippen molar-refractivity contribution in [2.24, 2.45) is 0 Å². The van der Waals surface area contributed by atoms with Gasteiger partial charge in [0.05, 0.1) is 6.04 Å². The van der Waals surface area contributed by atoms with Gasteiger partial charge in [-0.1, -0.05) is 19.8 Å². The second-order valence-corrected chi connectivity index (χ2v) is 3.57. The Labute approximate surface area is 74.7 Å². The van der Waals surface area contributed by atoms with Crippen molar-refractivity contribution < 1.29 is 4.79 Å². The Bertz CT molecular complexity index is 139. The molecule has 2 nitrogen and oxygen atoms in total. The first kappa shape index (κ1) is 9.72. The number of carbonyl (C=O) groups is 1. The third-order valence-electron chi connectivity index (χ3n) is 2.48. The molecule has 0 amide bonds. The van der Waals surface area contributed by atoms with E-state index in [0.29, 0.717) is 5.78 Å². The Hall–Kier alpha value is -0.370. The number of rotatable bonds is 4. The molecule has 1 fully saturated rings. The average molecular weight is 169 g/mol. The quantitative estimate of drug-likeness (QED) is 0.696. The third-order valence-corrected chi connectivity index (χ3v) is 2.48. The van der Waals surface area contributed by atoms with E-state index in [1.807, 2.05) is 0 Å². The summed E-state index contributed by atoms with van der Waals surface area (Å²) in [5, 5.41) is 3.28. The van der Waals surface area contributed by atoms with E-state index in [0.717, 1.165) is 32.2 Å². The number of unbranched alkanes of at least 4 members (excludes halogenated alkanes) is 1. The van der Waals surface area contributed by atoms with Crippen LogP contribution in [-0.2, 0) is 4.79 Å². The zero-order valence-electron chi connectivity index (χ0n) is 7.94. The molecule has 0 aromatic rings. The van der Waals surface area contributed by atoms with Crippen molar-refractivity contribution in [3.63, 3.8) is 0 Å². The number of carbonyl (C=O) groups excluding carboxylic acids is 1. The first-order chi connectivity index (χ1) is 5.84. The van der Waals surface area contributed by atoms with Crippen LogP contribution in [0, 0.1) is 0 Å². The van der Waals surface area contributed by atoms with E-state index in [1.54, 1.807) is 0 Å². The molecule has 1 N–H and O–H groups in total. The maximum atomic E-state index is 11.5. The zero-order valence-corrected chi connectivity index (χ0v) is 7.94. The maximum Gasteiger partial charge on any atom is 0.149 e. The van der Waals surface area contributed by atoms with Crippen molar-refractivity contribution in [1.82, 2.24) is 5.32 Å². The van der Waals surface area contributed by atoms with Crippen LogP contribution in [-0.4, -0.2) is 18.4 Å². The Balaban J connectivity index is 2.20. The molecule has 0 aromatic carbocycles. The van der Waals surface area contributed by atoms with Gasteiger partial charge < -0.3 is 5.32 Å². The van der Waals surface area contributed by atoms with Gasteiger partial charge in [0, 0.05) is 6.42 Å². The van der Waals surface area contributed by atoms with E-state index < -0.39 is 0 Å². The Morgan fingerprint density at radius 3 is 2.92 bits per heavy atom. The number of nitrogens with one attached hydrogen (secondary N) is 1. The largest absolute Gasteiger partial charge is 0.307 e. The lowest BCUT2D eigenvalue weighted by atomic mass is 9.98. The van der Waals surface area contributed by atoms with Crippen LogP contribution in [0.5, 0.6) is 0 Å². The summed E-state index contributed by atoms with van der Waals surface area (Å²) in [4.78, 5) is 11.5. The molecule has 0 aromatic heterocycles. The number of piperidine rings is 1. The molecule has 0 unspecified atom stereocenters. The van der Waals surface area contributed by atoms with E-state index >= 15 is 0 Å². The summed E-state index contributed by atoms with van der Waals surface area (Å²) in [5.41, 5.74) is 0. The van der Waals surface area contributed by atoms with Gasteiger partial charge in [-0.25, -0.2) is 0 Å². The first-order valence-electron chi connectivity index (χ1n) is 5.10. The molecule has 2 heteroatoms. The fourth-order valence-electron chi connectivity index (χ4n) is 1.65. The van der Waals surface area contributed by atoms with Crippen LogP contribution >= 0.6 is 0 Å². The molecule has 0 bridgehead atoms. The van der Waals surface area contributed by atoms with Crippen LogP contribution < -0.4 is 5.32 Å². The molecule has 70 valence electrons. The summed E-state index contributed by atoms with van der Waals surface area (Å²) in [6.07, 6.45) is 6.46. The standard InChI is InChI=1S/C10H19NO/c1-2-3-7-10(12)9-6-4-5-8-11-9/h9,11H,2-8H2,1H3/t9-/m1/s1. The molecule has 12 heavy (non-hydrogen) atoms. The van der Waals surface area contributed by atoms with Gasteiger partial charge in [-0.15, -0.1) is 0 Å². The monoisotopic (exact) mass is 169 g/mol. The van der Waals surface area contributed by atoms with Crippen molar-refractivity contribution in [3.8, 4) is 0 Å². The van der Waals surface area contributed by atoms with Crippen LogP contribution in [0.15, 0.2) is 0 Å². The van der Waals surface area contributed by atoms with Gasteiger partial charge in [0.2, 0.25) is 0 Å². The lowest BCUT2D eigenvalue weighted by Gasteiger charge is -2.21. The molecule has 0 saturated carbocycles. The summed E-state index contributed by atoms with van der Waals surface area (Å²) in [7, 11) is 0. The number of hydrogen-bond donors (Lipinski definition) is 1. The molecule has 0 spiro atoms. The molecule has 0 radical (unpaired) electrons. The lowest BCUT2D eigenvalue weighted by molar-refractivity contribution is -0.121. The first-order valence-corrected chi connectivity index (χ1v) is 5.10. The molecular weight excluding hydrogens is 150 g/mol. The van der Waals surface area contributed by atoms with Crippen LogP contribution in [0.25, 0.3) is 0 Å². The van der Waals surface area contributed by atoms with E-state index in [2.05, 4.69) is 12.2 Å². The van der Waals surface area contributed by atoms with Gasteiger partial charge in [-0.05, 0) is 25.8 Å². The Morgan fingerprint density at radius 1 is 1.50 bits per heavy atom. The highest BCUT2D eigenvalue weighted by molar-refractivity contribution is 5.84. The highest BCUT2D eigenvalue weighted by Crippen LogP contribution is 2.10. The summed E-state index contributed by atoms with van der Waals surface area (Å²) in [5.74, 6) is 0.427. The molecule has 1 saturated heterocycles. The fraction of sp³-hybridized carbons (Fsp3) is 0.900. The summed E-state index contributed by atoms with van der Waals surface area (Å²) >= 11 is 0. The topological polar surface area (TPSA) is 29.1 Å². The summed E-state index contributed by atoms with van der Waals surface area (Å²) in [6, 6.07) is 0.185. The predicted octanol–water partition coefficient (Wildman–Crippen LogP) is 1.89. The molecule has 1 aliphatic rings. The van der Waals surface area contributed by atoms with Gasteiger partial charge in [-0.3, -0.25) is 4.79 Å². The van der Waals surface area contributed by atoms with Crippen molar-refractivity contribution in [3.05, 3.63) is 0 Å². The minimum absolute atomic E-state index is 0.185. The van der Waals surface area contributed by atoms with Crippen LogP contribution in [0.4, 0.5) is 0 Å². The van der Waals surface area contributed by atoms with Crippen molar-refractivity contribution in [1.29, 1.82) is 0 Å². The molecule has 1 atom stereocenters. The van der Waals surface area contributed by atoms with Crippen LogP contribution in [0.2, 0.25) is 0 Å². The summed E-state index contributed by atoms with van der Waals surface area (Å²) in [6.45, 7) is 3.16. The number of Topliss-reactive ketones (excluding diaryl/α,β-unsaturated/α-hetero) is 1. The van der Waals surface area contributed by atoms with Gasteiger partial charge in [-0.2, -0.15) is 0 Å². The highest BCUT2D eigenvalue weighted by atomic mass is 16.1. The Kier molecular flexibility index (Phi) is 4.30. The molecule has 1 rings (SSSR count). The predicted molar refractivity (Wildman–Crippen MR) is 50.2 cm³/mol. The molecular formula is C10H19NO.